The number of azo groups is 1. The van der Waals surface area contributed by atoms with Crippen LogP contribution in [0.25, 0.3) is 0 Å². The van der Waals surface area contributed by atoms with Crippen LogP contribution in [0, 0.1) is 0 Å². The lowest BCUT2D eigenvalue weighted by Gasteiger charge is -2.09. The molecule has 136 valence electrons. The number of esters is 1. The summed E-state index contributed by atoms with van der Waals surface area (Å²) < 4.78 is 43.5. The van der Waals surface area contributed by atoms with Gasteiger partial charge < -0.3 is 4.74 Å². The van der Waals surface area contributed by atoms with Crippen LogP contribution < -0.4 is 0 Å². The van der Waals surface area contributed by atoms with Gasteiger partial charge >= 0.3 is 12.1 Å². The summed E-state index contributed by atoms with van der Waals surface area (Å²) in [4.78, 5) is 23.7. The quantitative estimate of drug-likeness (QED) is 0.561. The first kappa shape index (κ1) is 18.5. The Bertz CT molecular complexity index is 868. The Morgan fingerprint density at radius 1 is 1.42 bits per heavy atom. The Morgan fingerprint density at radius 2 is 2.23 bits per heavy atom. The third kappa shape index (κ3) is 4.07. The molecule has 7 nitrogen and oxygen atoms in total. The van der Waals surface area contributed by atoms with Gasteiger partial charge in [-0.1, -0.05) is 6.07 Å². The van der Waals surface area contributed by atoms with E-state index in [1.807, 2.05) is 17.5 Å². The topological polar surface area (TPSA) is 89.2 Å². The first-order chi connectivity index (χ1) is 12.4. The van der Waals surface area contributed by atoms with E-state index in [0.717, 1.165) is 11.1 Å². The number of thioether (sulfide) groups is 1. The number of carbonyl (C=O) groups is 1. The third-order valence-electron chi connectivity index (χ3n) is 2.97. The van der Waals surface area contributed by atoms with Gasteiger partial charge in [-0.05, 0) is 30.1 Å². The number of amidine groups is 1. The molecule has 0 N–H and O–H groups in total. The van der Waals surface area contributed by atoms with Crippen LogP contribution in [0.5, 0.6) is 0 Å². The molecule has 0 radical (unpaired) electrons. The summed E-state index contributed by atoms with van der Waals surface area (Å²) in [7, 11) is 0. The van der Waals surface area contributed by atoms with Crippen LogP contribution in [0.3, 0.4) is 0 Å². The average molecular weight is 401 g/mol. The van der Waals surface area contributed by atoms with Crippen molar-refractivity contribution in [1.82, 2.24) is 9.97 Å². The molecule has 2 aromatic rings. The molecule has 0 saturated carbocycles. The van der Waals surface area contributed by atoms with Crippen molar-refractivity contribution in [2.45, 2.75) is 24.3 Å². The molecule has 1 aliphatic rings. The van der Waals surface area contributed by atoms with Gasteiger partial charge in [0, 0.05) is 6.20 Å². The molecule has 12 heteroatoms. The number of nitrogens with zero attached hydrogens (tertiary/aromatic N) is 5. The molecule has 0 aromatic carbocycles. The zero-order chi connectivity index (χ0) is 18.7. The van der Waals surface area contributed by atoms with E-state index in [2.05, 4.69) is 25.2 Å². The zero-order valence-electron chi connectivity index (χ0n) is 13.1. The van der Waals surface area contributed by atoms with Crippen LogP contribution in [-0.4, -0.2) is 27.7 Å². The molecule has 0 fully saturated rings. The van der Waals surface area contributed by atoms with Crippen molar-refractivity contribution >= 4 is 34.2 Å². The molecular weight excluding hydrogens is 391 g/mol. The Labute approximate surface area is 153 Å². The lowest BCUT2D eigenvalue weighted by molar-refractivity contribution is -0.145. The Hall–Kier alpha value is -2.34. The van der Waals surface area contributed by atoms with Crippen LogP contribution >= 0.6 is 23.1 Å². The minimum atomic E-state index is -4.75. The fourth-order valence-corrected chi connectivity index (χ4v) is 3.37. The normalized spacial score (nSPS) is 16.6. The van der Waals surface area contributed by atoms with E-state index in [-0.39, 0.29) is 22.4 Å². The summed E-state index contributed by atoms with van der Waals surface area (Å²) in [5.74, 6) is -2.19. The number of carbonyl (C=O) groups excluding carboxylic acids is 1. The molecular formula is C14H10F3N5O2S2. The summed E-state index contributed by atoms with van der Waals surface area (Å²) in [6.45, 7) is 1.64. The highest BCUT2D eigenvalue weighted by molar-refractivity contribution is 8.13. The lowest BCUT2D eigenvalue weighted by Crippen LogP contribution is -2.15. The van der Waals surface area contributed by atoms with Crippen molar-refractivity contribution in [1.29, 1.82) is 0 Å². The maximum Gasteiger partial charge on any atom is 0.451 e. The van der Waals surface area contributed by atoms with Crippen molar-refractivity contribution in [2.75, 3.05) is 6.61 Å². The lowest BCUT2D eigenvalue weighted by atomic mass is 10.3. The monoisotopic (exact) mass is 401 g/mol. The van der Waals surface area contributed by atoms with Gasteiger partial charge in [0.1, 0.15) is 10.6 Å². The van der Waals surface area contributed by atoms with E-state index >= 15 is 0 Å². The van der Waals surface area contributed by atoms with Gasteiger partial charge in [0.25, 0.3) is 0 Å². The van der Waals surface area contributed by atoms with E-state index in [4.69, 9.17) is 4.74 Å². The van der Waals surface area contributed by atoms with E-state index < -0.39 is 24.1 Å². The molecule has 0 amide bonds. The SMILES string of the molecule is CCOC(=O)c1cnc(C(F)(F)F)nc1SC1=NC(c2cccs2)N=N1. The second-order valence-corrected chi connectivity index (χ2v) is 6.68. The van der Waals surface area contributed by atoms with Crippen LogP contribution in [-0.2, 0) is 10.9 Å². The highest BCUT2D eigenvalue weighted by Gasteiger charge is 2.36. The van der Waals surface area contributed by atoms with Crippen molar-refractivity contribution in [3.63, 3.8) is 0 Å². The highest BCUT2D eigenvalue weighted by Crippen LogP contribution is 2.34. The summed E-state index contributed by atoms with van der Waals surface area (Å²) in [6.07, 6.45) is -4.51. The molecule has 1 aliphatic heterocycles. The second-order valence-electron chi connectivity index (χ2n) is 4.75. The summed E-state index contributed by atoms with van der Waals surface area (Å²) in [6, 6.07) is 3.65. The maximum absolute atomic E-state index is 12.9. The molecule has 0 bridgehead atoms. The second kappa shape index (κ2) is 7.50. The van der Waals surface area contributed by atoms with E-state index in [0.29, 0.717) is 11.8 Å². The van der Waals surface area contributed by atoms with Crippen molar-refractivity contribution in [3.05, 3.63) is 40.0 Å². The predicted molar refractivity (Wildman–Crippen MR) is 88.2 cm³/mol. The Kier molecular flexibility index (Phi) is 5.32. The van der Waals surface area contributed by atoms with Gasteiger partial charge in [0.2, 0.25) is 11.0 Å². The molecule has 26 heavy (non-hydrogen) atoms. The number of alkyl halides is 3. The summed E-state index contributed by atoms with van der Waals surface area (Å²) in [5.41, 5.74) is -0.192. The molecule has 3 rings (SSSR count). The number of rotatable bonds is 4. The summed E-state index contributed by atoms with van der Waals surface area (Å²) in [5, 5.41) is 9.53. The molecule has 0 aliphatic carbocycles. The molecule has 3 heterocycles. The number of halogens is 3. The van der Waals surface area contributed by atoms with E-state index in [1.165, 1.54) is 11.3 Å². The van der Waals surface area contributed by atoms with Gasteiger partial charge in [-0.15, -0.1) is 16.5 Å². The largest absolute Gasteiger partial charge is 0.462 e. The number of aliphatic imine (C=N–C) groups is 1. The summed E-state index contributed by atoms with van der Waals surface area (Å²) >= 11 is 2.14. The first-order valence-electron chi connectivity index (χ1n) is 7.19. The highest BCUT2D eigenvalue weighted by atomic mass is 32.2. The van der Waals surface area contributed by atoms with Gasteiger partial charge in [-0.3, -0.25) is 0 Å². The van der Waals surface area contributed by atoms with E-state index in [9.17, 15) is 18.0 Å². The van der Waals surface area contributed by atoms with Gasteiger partial charge in [0.05, 0.1) is 11.5 Å². The molecule has 2 aromatic heterocycles. The first-order valence-corrected chi connectivity index (χ1v) is 8.89. The average Bonchev–Trinajstić information content (AvgIpc) is 3.25. The van der Waals surface area contributed by atoms with Crippen LogP contribution in [0.1, 0.15) is 34.1 Å². The smallest absolute Gasteiger partial charge is 0.451 e. The molecule has 0 saturated heterocycles. The number of aromatic nitrogens is 2. The fourth-order valence-electron chi connectivity index (χ4n) is 1.88. The van der Waals surface area contributed by atoms with Crippen molar-refractivity contribution in [3.8, 4) is 0 Å². The van der Waals surface area contributed by atoms with Crippen molar-refractivity contribution < 1.29 is 22.7 Å². The van der Waals surface area contributed by atoms with E-state index in [1.54, 1.807) is 6.92 Å². The third-order valence-corrected chi connectivity index (χ3v) is 4.76. The Balaban J connectivity index is 1.91. The minimum Gasteiger partial charge on any atom is -0.462 e. The van der Waals surface area contributed by atoms with Crippen LogP contribution in [0.2, 0.25) is 0 Å². The number of hydrogen-bond acceptors (Lipinski definition) is 9. The fraction of sp³-hybridized carbons (Fsp3) is 0.286. The Morgan fingerprint density at radius 3 is 2.88 bits per heavy atom. The van der Waals surface area contributed by atoms with Gasteiger partial charge in [-0.2, -0.15) is 18.3 Å². The van der Waals surface area contributed by atoms with Crippen LogP contribution in [0.4, 0.5) is 13.2 Å². The standard InChI is InChI=1S/C14H10F3N5O2S2/c1-2-24-11(23)7-6-18-12(14(15,16)17)20-10(7)26-13-19-9(21-22-13)8-4-3-5-25-8/h3-6,9H,2H2,1H3. The van der Waals surface area contributed by atoms with Gasteiger partial charge in [-0.25, -0.2) is 19.8 Å². The molecule has 1 unspecified atom stereocenters. The molecule has 1 atom stereocenters. The molecule has 0 spiro atoms. The van der Waals surface area contributed by atoms with Gasteiger partial charge in [0.15, 0.2) is 6.17 Å². The number of ether oxygens (including phenoxy) is 1. The number of thiophene rings is 1. The van der Waals surface area contributed by atoms with Crippen molar-refractivity contribution in [2.24, 2.45) is 15.2 Å². The van der Waals surface area contributed by atoms with Crippen LogP contribution in [0.15, 0.2) is 44.0 Å². The predicted octanol–water partition coefficient (Wildman–Crippen LogP) is 4.35. The maximum atomic E-state index is 12.9. The number of hydrogen-bond donors (Lipinski definition) is 0. The zero-order valence-corrected chi connectivity index (χ0v) is 14.7. The minimum absolute atomic E-state index is 0.0606.